The molecule has 3 aromatic heterocycles. The van der Waals surface area contributed by atoms with E-state index in [0.29, 0.717) is 10.4 Å². The first-order valence-corrected chi connectivity index (χ1v) is 16.8. The first-order valence-electron chi connectivity index (χ1n) is 14.6. The van der Waals surface area contributed by atoms with Crippen LogP contribution >= 0.6 is 11.6 Å². The van der Waals surface area contributed by atoms with Crippen LogP contribution in [0.4, 0.5) is 41.3 Å². The molecule has 0 spiro atoms. The van der Waals surface area contributed by atoms with E-state index in [-0.39, 0.29) is 27.2 Å². The van der Waals surface area contributed by atoms with E-state index in [2.05, 4.69) is 19.8 Å². The van der Waals surface area contributed by atoms with Gasteiger partial charge in [0, 0.05) is 32.5 Å². The molecule has 0 saturated carbocycles. The van der Waals surface area contributed by atoms with E-state index in [0.717, 1.165) is 46.7 Å². The summed E-state index contributed by atoms with van der Waals surface area (Å²) in [5, 5.41) is 3.39. The number of alkyl halides is 5. The van der Waals surface area contributed by atoms with E-state index in [4.69, 9.17) is 22.1 Å². The number of sulfonamides is 1. The maximum absolute atomic E-state index is 14.4. The zero-order chi connectivity index (χ0) is 39.4. The highest BCUT2D eigenvalue weighted by Gasteiger charge is 2.58. The summed E-state index contributed by atoms with van der Waals surface area (Å²) in [7, 11) is -3.03. The van der Waals surface area contributed by atoms with Crippen LogP contribution in [0.25, 0.3) is 27.6 Å². The normalized spacial score (nSPS) is 13.0. The van der Waals surface area contributed by atoms with Crippen molar-refractivity contribution in [2.24, 2.45) is 12.8 Å². The first-order chi connectivity index (χ1) is 24.5. The molecule has 5 aromatic rings. The molecule has 0 radical (unpaired) electrons. The molecule has 0 saturated heterocycles. The van der Waals surface area contributed by atoms with E-state index in [1.807, 2.05) is 0 Å². The fraction of sp³-hybridized carbons (Fsp3) is 0.267. The van der Waals surface area contributed by atoms with Gasteiger partial charge in [-0.1, -0.05) is 11.6 Å². The van der Waals surface area contributed by atoms with Crippen LogP contribution in [-0.2, 0) is 33.0 Å². The van der Waals surface area contributed by atoms with E-state index in [1.165, 1.54) is 19.2 Å². The minimum absolute atomic E-state index is 0.121. The van der Waals surface area contributed by atoms with E-state index < -0.39 is 99.0 Å². The van der Waals surface area contributed by atoms with Crippen LogP contribution in [0.15, 0.2) is 47.3 Å². The zero-order valence-corrected chi connectivity index (χ0v) is 28.7. The van der Waals surface area contributed by atoms with Gasteiger partial charge in [0.2, 0.25) is 21.8 Å². The molecule has 0 aliphatic carbocycles. The third kappa shape index (κ3) is 7.68. The van der Waals surface area contributed by atoms with Crippen molar-refractivity contribution in [3.63, 3.8) is 0 Å². The van der Waals surface area contributed by atoms with Crippen LogP contribution in [0, 0.1) is 11.6 Å². The summed E-state index contributed by atoms with van der Waals surface area (Å²) >= 11 is 6.49. The summed E-state index contributed by atoms with van der Waals surface area (Å²) in [4.78, 5) is 47.1. The Morgan fingerprint density at radius 2 is 1.68 bits per heavy atom. The quantitative estimate of drug-likeness (QED) is 0.192. The lowest BCUT2D eigenvalue weighted by atomic mass is 10.1. The zero-order valence-electron chi connectivity index (χ0n) is 27.1. The SMILES string of the molecule is CC(=O)N(c1nn(C)c2c(-n3c(C(Cc4cc(F)cc(F)c4)OC(N)=O)nc4nc(OCC(F)(F)C(F)(F)F)ccc4c3=O)ccc(Cl)c12)S(C)(=O)=O. The molecule has 1 atom stereocenters. The molecule has 2 aromatic carbocycles. The van der Waals surface area contributed by atoms with Gasteiger partial charge >= 0.3 is 18.2 Å². The lowest BCUT2D eigenvalue weighted by Gasteiger charge is -2.22. The van der Waals surface area contributed by atoms with Crippen molar-refractivity contribution in [1.29, 1.82) is 0 Å². The Bertz CT molecular complexity index is 2460. The average molecular weight is 794 g/mol. The van der Waals surface area contributed by atoms with Gasteiger partial charge in [0.05, 0.1) is 33.3 Å². The molecule has 14 nitrogen and oxygen atoms in total. The van der Waals surface area contributed by atoms with Crippen molar-refractivity contribution < 1.29 is 58.2 Å². The molecule has 0 aliphatic heterocycles. The van der Waals surface area contributed by atoms with Crippen molar-refractivity contribution >= 4 is 61.4 Å². The van der Waals surface area contributed by atoms with Gasteiger partial charge in [-0.3, -0.25) is 18.8 Å². The third-order valence-electron chi connectivity index (χ3n) is 7.39. The molecule has 53 heavy (non-hydrogen) atoms. The number of carbonyl (C=O) groups is 2. The molecule has 5 rings (SSSR count). The van der Waals surface area contributed by atoms with Crippen LogP contribution in [0.1, 0.15) is 24.4 Å². The number of fused-ring (bicyclic) bond motifs is 2. The first kappa shape index (κ1) is 38.7. The van der Waals surface area contributed by atoms with Crippen molar-refractivity contribution in [3.05, 3.63) is 80.9 Å². The second-order valence-corrected chi connectivity index (χ2v) is 13.6. The van der Waals surface area contributed by atoms with Gasteiger partial charge in [-0.05, 0) is 35.9 Å². The highest BCUT2D eigenvalue weighted by molar-refractivity contribution is 7.92. The van der Waals surface area contributed by atoms with Crippen molar-refractivity contribution in [3.8, 4) is 11.6 Å². The number of pyridine rings is 1. The number of anilines is 1. The predicted molar refractivity (Wildman–Crippen MR) is 172 cm³/mol. The summed E-state index contributed by atoms with van der Waals surface area (Å²) in [6, 6.07) is 6.37. The fourth-order valence-electron chi connectivity index (χ4n) is 5.31. The molecule has 2 N–H and O–H groups in total. The fourth-order valence-corrected chi connectivity index (χ4v) is 6.46. The van der Waals surface area contributed by atoms with Crippen molar-refractivity contribution in [2.45, 2.75) is 31.5 Å². The number of amides is 2. The Morgan fingerprint density at radius 3 is 2.25 bits per heavy atom. The number of primary amides is 1. The topological polar surface area (TPSA) is 182 Å². The molecule has 282 valence electrons. The maximum Gasteiger partial charge on any atom is 0.456 e. The van der Waals surface area contributed by atoms with Gasteiger partial charge in [-0.25, -0.2) is 27.0 Å². The lowest BCUT2D eigenvalue weighted by molar-refractivity contribution is -0.290. The Balaban J connectivity index is 1.84. The van der Waals surface area contributed by atoms with Gasteiger partial charge in [0.15, 0.2) is 30.0 Å². The largest absolute Gasteiger partial charge is 0.471 e. The number of ether oxygens (including phenoxy) is 2. The minimum Gasteiger partial charge on any atom is -0.471 e. The summed E-state index contributed by atoms with van der Waals surface area (Å²) < 4.78 is 131. The molecule has 23 heteroatoms. The summed E-state index contributed by atoms with van der Waals surface area (Å²) in [5.41, 5.74) is 3.09. The van der Waals surface area contributed by atoms with Crippen LogP contribution in [0.3, 0.4) is 0 Å². The second-order valence-electron chi connectivity index (χ2n) is 11.3. The highest BCUT2D eigenvalue weighted by atomic mass is 35.5. The van der Waals surface area contributed by atoms with E-state index >= 15 is 0 Å². The Morgan fingerprint density at radius 1 is 1.04 bits per heavy atom. The summed E-state index contributed by atoms with van der Waals surface area (Å²) in [5.74, 6) is -10.3. The number of aromatic nitrogens is 5. The van der Waals surface area contributed by atoms with Gasteiger partial charge in [-0.2, -0.15) is 36.3 Å². The third-order valence-corrected chi connectivity index (χ3v) is 8.80. The molecule has 2 amide bonds. The number of halogens is 8. The second kappa shape index (κ2) is 13.8. The highest BCUT2D eigenvalue weighted by Crippen LogP contribution is 2.38. The van der Waals surface area contributed by atoms with Gasteiger partial charge in [0.25, 0.3) is 5.56 Å². The summed E-state index contributed by atoms with van der Waals surface area (Å²) in [6.45, 7) is -1.26. The van der Waals surface area contributed by atoms with Crippen molar-refractivity contribution in [1.82, 2.24) is 24.3 Å². The van der Waals surface area contributed by atoms with Crippen LogP contribution < -0.4 is 20.3 Å². The molecular weight excluding hydrogens is 771 g/mol. The number of benzene rings is 2. The molecule has 0 bridgehead atoms. The number of hydrogen-bond acceptors (Lipinski definition) is 10. The Hall–Kier alpha value is -5.51. The van der Waals surface area contributed by atoms with Crippen LogP contribution in [0.5, 0.6) is 5.88 Å². The number of carbonyl (C=O) groups excluding carboxylic acids is 2. The smallest absolute Gasteiger partial charge is 0.456 e. The van der Waals surface area contributed by atoms with Crippen LogP contribution in [0.2, 0.25) is 5.02 Å². The predicted octanol–water partition coefficient (Wildman–Crippen LogP) is 4.87. The maximum atomic E-state index is 14.4. The average Bonchev–Trinajstić information content (AvgIpc) is 3.34. The van der Waals surface area contributed by atoms with E-state index in [9.17, 15) is 53.5 Å². The molecular formula is C30H23ClF7N7O7S. The van der Waals surface area contributed by atoms with Crippen molar-refractivity contribution in [2.75, 3.05) is 17.2 Å². The standard InChI is InChI=1S/C30H23ClF7N7O7S/c1-13(46)45(53(3,49)50)26-22-18(31)5-6-19(23(22)43(2)42-26)44-25(20(52-28(39)48)10-14-8-15(32)11-16(33)9-14)41-24-17(27(44)47)4-7-21(40-24)51-12-29(34,35)30(36,37)38/h4-9,11,20H,10,12H2,1-3H3,(H2,39,48). The number of rotatable bonds is 10. The lowest BCUT2D eigenvalue weighted by Crippen LogP contribution is -2.41. The number of aryl methyl sites for hydroxylation is 1. The Labute approximate surface area is 297 Å². The number of nitrogens with zero attached hydrogens (tertiary/aromatic N) is 6. The van der Waals surface area contributed by atoms with Gasteiger partial charge in [0.1, 0.15) is 11.6 Å². The minimum atomic E-state index is -5.98. The Kier molecular flexibility index (Phi) is 10.1. The number of nitrogens with two attached hydrogens (primary N) is 1. The monoisotopic (exact) mass is 793 g/mol. The number of hydrogen-bond donors (Lipinski definition) is 1. The van der Waals surface area contributed by atoms with Gasteiger partial charge in [-0.15, -0.1) is 0 Å². The molecule has 1 unspecified atom stereocenters. The van der Waals surface area contributed by atoms with Crippen LogP contribution in [-0.4, -0.2) is 69.7 Å². The van der Waals surface area contributed by atoms with E-state index in [1.54, 1.807) is 0 Å². The molecule has 0 fully saturated rings. The molecule has 3 heterocycles. The summed E-state index contributed by atoms with van der Waals surface area (Å²) in [6.07, 6.45) is -9.20. The molecule has 0 aliphatic rings. The van der Waals surface area contributed by atoms with Gasteiger partial charge < -0.3 is 15.2 Å².